The van der Waals surface area contributed by atoms with E-state index in [1.807, 2.05) is 19.1 Å². The second-order valence-corrected chi connectivity index (χ2v) is 5.54. The van der Waals surface area contributed by atoms with Gasteiger partial charge in [-0.1, -0.05) is 29.8 Å². The highest BCUT2D eigenvalue weighted by atomic mass is 16.5. The third kappa shape index (κ3) is 4.52. The van der Waals surface area contributed by atoms with Gasteiger partial charge in [0.25, 0.3) is 0 Å². The second kappa shape index (κ2) is 7.55. The highest BCUT2D eigenvalue weighted by Crippen LogP contribution is 2.13. The summed E-state index contributed by atoms with van der Waals surface area (Å²) in [6.45, 7) is 4.88. The molecule has 0 heterocycles. The third-order valence-electron chi connectivity index (χ3n) is 3.43. The summed E-state index contributed by atoms with van der Waals surface area (Å²) in [5.41, 5.74) is 2.45. The minimum Gasteiger partial charge on any atom is -0.451 e. The van der Waals surface area contributed by atoms with Crippen molar-refractivity contribution in [3.63, 3.8) is 0 Å². The molecule has 0 aliphatic carbocycles. The molecule has 0 spiro atoms. The van der Waals surface area contributed by atoms with Crippen molar-refractivity contribution < 1.29 is 19.1 Å². The number of ketones is 1. The van der Waals surface area contributed by atoms with Crippen LogP contribution in [-0.4, -0.2) is 23.8 Å². The highest BCUT2D eigenvalue weighted by Gasteiger charge is 2.20. The number of hydrogen-bond donors (Lipinski definition) is 1. The van der Waals surface area contributed by atoms with Crippen molar-refractivity contribution in [1.29, 1.82) is 0 Å². The number of Topliss-reactive ketones (excluding diaryl/α,β-unsaturated/α-hetero) is 1. The molecule has 0 fully saturated rings. The summed E-state index contributed by atoms with van der Waals surface area (Å²) in [6.07, 6.45) is -0.879. The number of esters is 1. The molecular weight excluding hydrogens is 306 g/mol. The first-order valence-corrected chi connectivity index (χ1v) is 7.56. The first-order chi connectivity index (χ1) is 11.4. The Bertz CT molecular complexity index is 748. The van der Waals surface area contributed by atoms with Crippen LogP contribution in [0.2, 0.25) is 0 Å². The number of amides is 1. The third-order valence-corrected chi connectivity index (χ3v) is 3.43. The van der Waals surface area contributed by atoms with E-state index in [9.17, 15) is 14.4 Å². The molecule has 0 radical (unpaired) electrons. The van der Waals surface area contributed by atoms with Crippen molar-refractivity contribution >= 4 is 23.3 Å². The lowest BCUT2D eigenvalue weighted by atomic mass is 10.1. The fraction of sp³-hybridized carbons (Fsp3) is 0.211. The molecule has 2 aromatic rings. The predicted octanol–water partition coefficient (Wildman–Crippen LogP) is 3.38. The topological polar surface area (TPSA) is 72.5 Å². The molecule has 1 atom stereocenters. The Balaban J connectivity index is 2.01. The fourth-order valence-electron chi connectivity index (χ4n) is 2.13. The van der Waals surface area contributed by atoms with Gasteiger partial charge in [0.1, 0.15) is 0 Å². The number of hydrogen-bond acceptors (Lipinski definition) is 4. The summed E-state index contributed by atoms with van der Waals surface area (Å²) in [4.78, 5) is 35.4. The van der Waals surface area contributed by atoms with Crippen LogP contribution >= 0.6 is 0 Å². The van der Waals surface area contributed by atoms with Crippen LogP contribution < -0.4 is 5.32 Å². The Kier molecular flexibility index (Phi) is 5.47. The first-order valence-electron chi connectivity index (χ1n) is 7.56. The van der Waals surface area contributed by atoms with Gasteiger partial charge in [0.15, 0.2) is 6.10 Å². The molecule has 0 aliphatic rings. The molecular formula is C19H19NO4. The standard InChI is InChI=1S/C19H19NO4/c1-12-4-6-15(7-5-12)18(22)13(2)24-19(23)16-8-10-17(11-9-16)20-14(3)21/h4-11,13H,1-3H3,(H,20,21)/t13-/m0/s1. The molecule has 0 aromatic heterocycles. The largest absolute Gasteiger partial charge is 0.451 e. The van der Waals surface area contributed by atoms with Gasteiger partial charge in [-0.3, -0.25) is 9.59 Å². The van der Waals surface area contributed by atoms with E-state index in [0.717, 1.165) is 5.56 Å². The van der Waals surface area contributed by atoms with Gasteiger partial charge in [-0.05, 0) is 38.1 Å². The number of aryl methyl sites for hydroxylation is 1. The van der Waals surface area contributed by atoms with Crippen LogP contribution in [0, 0.1) is 6.92 Å². The molecule has 0 saturated carbocycles. The van der Waals surface area contributed by atoms with Crippen molar-refractivity contribution in [3.8, 4) is 0 Å². The number of rotatable bonds is 5. The lowest BCUT2D eigenvalue weighted by Crippen LogP contribution is -2.24. The molecule has 2 rings (SSSR count). The molecule has 1 amide bonds. The summed E-state index contributed by atoms with van der Waals surface area (Å²) in [6, 6.07) is 13.4. The summed E-state index contributed by atoms with van der Waals surface area (Å²) < 4.78 is 5.23. The van der Waals surface area contributed by atoms with Crippen molar-refractivity contribution in [3.05, 3.63) is 65.2 Å². The van der Waals surface area contributed by atoms with Crippen molar-refractivity contribution in [1.82, 2.24) is 0 Å². The molecule has 124 valence electrons. The highest BCUT2D eigenvalue weighted by molar-refractivity contribution is 6.01. The van der Waals surface area contributed by atoms with Crippen molar-refractivity contribution in [2.24, 2.45) is 0 Å². The molecule has 24 heavy (non-hydrogen) atoms. The van der Waals surface area contributed by atoms with Gasteiger partial charge >= 0.3 is 5.97 Å². The van der Waals surface area contributed by atoms with Crippen LogP contribution in [-0.2, 0) is 9.53 Å². The monoisotopic (exact) mass is 325 g/mol. The van der Waals surface area contributed by atoms with Crippen molar-refractivity contribution in [2.75, 3.05) is 5.32 Å². The molecule has 0 bridgehead atoms. The van der Waals surface area contributed by atoms with E-state index in [1.54, 1.807) is 31.2 Å². The summed E-state index contributed by atoms with van der Waals surface area (Å²) in [5.74, 6) is -1.03. The average molecular weight is 325 g/mol. The molecule has 1 N–H and O–H groups in total. The minimum absolute atomic E-state index is 0.192. The summed E-state index contributed by atoms with van der Waals surface area (Å²) in [5, 5.41) is 2.61. The zero-order valence-electron chi connectivity index (χ0n) is 13.8. The summed E-state index contributed by atoms with van der Waals surface area (Å²) in [7, 11) is 0. The zero-order chi connectivity index (χ0) is 17.7. The second-order valence-electron chi connectivity index (χ2n) is 5.54. The molecule has 0 saturated heterocycles. The van der Waals surface area contributed by atoms with E-state index >= 15 is 0 Å². The van der Waals surface area contributed by atoms with Gasteiger partial charge in [0.2, 0.25) is 11.7 Å². The lowest BCUT2D eigenvalue weighted by molar-refractivity contribution is -0.114. The zero-order valence-corrected chi connectivity index (χ0v) is 13.8. The number of carbonyl (C=O) groups excluding carboxylic acids is 3. The van der Waals surface area contributed by atoms with Gasteiger partial charge in [0, 0.05) is 18.2 Å². The van der Waals surface area contributed by atoms with E-state index in [4.69, 9.17) is 4.74 Å². The van der Waals surface area contributed by atoms with Gasteiger partial charge in [0.05, 0.1) is 5.56 Å². The lowest BCUT2D eigenvalue weighted by Gasteiger charge is -2.13. The molecule has 2 aromatic carbocycles. The Hall–Kier alpha value is -2.95. The van der Waals surface area contributed by atoms with E-state index in [1.165, 1.54) is 19.1 Å². The van der Waals surface area contributed by atoms with Crippen LogP contribution in [0.25, 0.3) is 0 Å². The van der Waals surface area contributed by atoms with E-state index in [-0.39, 0.29) is 11.7 Å². The van der Waals surface area contributed by atoms with Crippen molar-refractivity contribution in [2.45, 2.75) is 26.9 Å². The SMILES string of the molecule is CC(=O)Nc1ccc(C(=O)O[C@@H](C)C(=O)c2ccc(C)cc2)cc1. The maximum atomic E-state index is 12.3. The maximum absolute atomic E-state index is 12.3. The normalized spacial score (nSPS) is 11.5. The number of nitrogens with one attached hydrogen (secondary N) is 1. The van der Waals surface area contributed by atoms with Gasteiger partial charge in [-0.15, -0.1) is 0 Å². The average Bonchev–Trinajstić information content (AvgIpc) is 2.55. The van der Waals surface area contributed by atoms with Crippen LogP contribution in [0.4, 0.5) is 5.69 Å². The van der Waals surface area contributed by atoms with Gasteiger partial charge in [-0.25, -0.2) is 4.79 Å². The molecule has 0 unspecified atom stereocenters. The molecule has 0 aliphatic heterocycles. The van der Waals surface area contributed by atoms with Crippen LogP contribution in [0.15, 0.2) is 48.5 Å². The smallest absolute Gasteiger partial charge is 0.338 e. The van der Waals surface area contributed by atoms with Crippen LogP contribution in [0.5, 0.6) is 0 Å². The number of benzene rings is 2. The van der Waals surface area contributed by atoms with E-state index in [2.05, 4.69) is 5.32 Å². The number of carbonyl (C=O) groups is 3. The molecule has 5 nitrogen and oxygen atoms in total. The number of anilines is 1. The first kappa shape index (κ1) is 17.4. The summed E-state index contributed by atoms with van der Waals surface area (Å²) >= 11 is 0. The fourth-order valence-corrected chi connectivity index (χ4v) is 2.13. The van der Waals surface area contributed by atoms with Crippen LogP contribution in [0.1, 0.15) is 40.1 Å². The Labute approximate surface area is 140 Å². The minimum atomic E-state index is -0.879. The maximum Gasteiger partial charge on any atom is 0.338 e. The Morgan fingerprint density at radius 3 is 2.00 bits per heavy atom. The predicted molar refractivity (Wildman–Crippen MR) is 91.1 cm³/mol. The Morgan fingerprint density at radius 2 is 1.46 bits per heavy atom. The van der Waals surface area contributed by atoms with Gasteiger partial charge in [-0.2, -0.15) is 0 Å². The van der Waals surface area contributed by atoms with E-state index in [0.29, 0.717) is 16.8 Å². The Morgan fingerprint density at radius 1 is 0.917 bits per heavy atom. The van der Waals surface area contributed by atoms with E-state index < -0.39 is 12.1 Å². The van der Waals surface area contributed by atoms with Crippen LogP contribution in [0.3, 0.4) is 0 Å². The quantitative estimate of drug-likeness (QED) is 0.675. The number of ether oxygens (including phenoxy) is 1. The molecule has 5 heteroatoms. The van der Waals surface area contributed by atoms with Gasteiger partial charge < -0.3 is 10.1 Å².